The molecule has 2 N–H and O–H groups in total. The van der Waals surface area contributed by atoms with E-state index >= 15 is 0 Å². The van der Waals surface area contributed by atoms with E-state index in [9.17, 15) is 14.4 Å². The normalized spacial score (nSPS) is 26.2. The third-order valence-corrected chi connectivity index (χ3v) is 3.17. The molecule has 0 aromatic heterocycles. The lowest BCUT2D eigenvalue weighted by Gasteiger charge is -2.29. The van der Waals surface area contributed by atoms with E-state index in [1.54, 1.807) is 27.7 Å². The molecule has 2 atom stereocenters. The third-order valence-electron chi connectivity index (χ3n) is 3.17. The number of rotatable bonds is 4. The van der Waals surface area contributed by atoms with Gasteiger partial charge in [0, 0.05) is 12.6 Å². The highest BCUT2D eigenvalue weighted by Gasteiger charge is 2.46. The maximum atomic E-state index is 12.1. The summed E-state index contributed by atoms with van der Waals surface area (Å²) in [6.07, 6.45) is 0.144. The number of amides is 2. The molecule has 0 aromatic carbocycles. The fraction of sp³-hybridized carbons (Fsp3) is 0.769. The second kappa shape index (κ2) is 5.68. The highest BCUT2D eigenvalue weighted by Crippen LogP contribution is 2.31. The minimum Gasteiger partial charge on any atom is -0.481 e. The Kier molecular flexibility index (Phi) is 4.62. The Bertz CT molecular complexity index is 404. The first-order valence-electron chi connectivity index (χ1n) is 6.51. The van der Waals surface area contributed by atoms with Crippen molar-refractivity contribution >= 4 is 18.5 Å². The van der Waals surface area contributed by atoms with E-state index in [0.717, 1.165) is 0 Å². The van der Waals surface area contributed by atoms with Crippen molar-refractivity contribution in [2.75, 3.05) is 6.54 Å². The summed E-state index contributed by atoms with van der Waals surface area (Å²) in [6.45, 7) is 7.23. The quantitative estimate of drug-likeness (QED) is 0.751. The molecule has 1 fully saturated rings. The van der Waals surface area contributed by atoms with Crippen molar-refractivity contribution < 1.29 is 24.2 Å². The molecule has 0 spiro atoms. The van der Waals surface area contributed by atoms with Crippen molar-refractivity contribution in [3.05, 3.63) is 0 Å². The fourth-order valence-corrected chi connectivity index (χ4v) is 2.49. The van der Waals surface area contributed by atoms with Crippen LogP contribution in [0.15, 0.2) is 0 Å². The van der Waals surface area contributed by atoms with Crippen LogP contribution >= 0.6 is 0 Å². The average Bonchev–Trinajstić information content (AvgIpc) is 2.52. The number of nitrogens with one attached hydrogen (secondary N) is 1. The third kappa shape index (κ3) is 4.11. The largest absolute Gasteiger partial charge is 0.481 e. The lowest BCUT2D eigenvalue weighted by atomic mass is 9.92. The van der Waals surface area contributed by atoms with Gasteiger partial charge in [0.25, 0.3) is 0 Å². The molecule has 0 radical (unpaired) electrons. The maximum absolute atomic E-state index is 12.1. The smallest absolute Gasteiger partial charge is 0.410 e. The molecule has 114 valence electrons. The van der Waals surface area contributed by atoms with Crippen LogP contribution in [0.25, 0.3) is 0 Å². The van der Waals surface area contributed by atoms with Gasteiger partial charge in [0.1, 0.15) is 5.60 Å². The minimum absolute atomic E-state index is 0.133. The van der Waals surface area contributed by atoms with E-state index in [2.05, 4.69) is 5.32 Å². The molecule has 0 aromatic rings. The zero-order chi connectivity index (χ0) is 15.6. The van der Waals surface area contributed by atoms with Gasteiger partial charge in [-0.15, -0.1) is 0 Å². The van der Waals surface area contributed by atoms with Gasteiger partial charge in [0.2, 0.25) is 6.41 Å². The molecule has 0 aliphatic carbocycles. The molecule has 1 aliphatic heterocycles. The Hall–Kier alpha value is -1.79. The van der Waals surface area contributed by atoms with Crippen LogP contribution in [0.4, 0.5) is 4.79 Å². The number of carboxylic acid groups (broad SMARTS) is 1. The van der Waals surface area contributed by atoms with Crippen molar-refractivity contribution in [2.45, 2.75) is 57.7 Å². The molecule has 1 heterocycles. The first-order valence-corrected chi connectivity index (χ1v) is 6.51. The van der Waals surface area contributed by atoms with Crippen molar-refractivity contribution in [3.8, 4) is 0 Å². The fourth-order valence-electron chi connectivity index (χ4n) is 2.49. The zero-order valence-corrected chi connectivity index (χ0v) is 12.3. The number of aliphatic carboxylic acids is 1. The van der Waals surface area contributed by atoms with E-state index < -0.39 is 23.2 Å². The van der Waals surface area contributed by atoms with Gasteiger partial charge in [0.15, 0.2) is 0 Å². The molecule has 2 amide bonds. The highest BCUT2D eigenvalue weighted by molar-refractivity contribution is 5.72. The Morgan fingerprint density at radius 2 is 2.10 bits per heavy atom. The first kappa shape index (κ1) is 16.3. The summed E-state index contributed by atoms with van der Waals surface area (Å²) in [5, 5.41) is 11.5. The predicted octanol–water partition coefficient (Wildman–Crippen LogP) is 0.975. The number of nitrogens with zero attached hydrogens (tertiary/aromatic N) is 1. The van der Waals surface area contributed by atoms with Crippen LogP contribution < -0.4 is 5.32 Å². The average molecular weight is 286 g/mol. The molecular formula is C13H22N2O5. The van der Waals surface area contributed by atoms with Crippen molar-refractivity contribution in [1.82, 2.24) is 10.2 Å². The van der Waals surface area contributed by atoms with E-state index in [1.807, 2.05) is 0 Å². The number of carbonyl (C=O) groups is 3. The van der Waals surface area contributed by atoms with Crippen molar-refractivity contribution in [2.24, 2.45) is 0 Å². The highest BCUT2D eigenvalue weighted by atomic mass is 16.6. The van der Waals surface area contributed by atoms with Crippen molar-refractivity contribution in [3.63, 3.8) is 0 Å². The van der Waals surface area contributed by atoms with Gasteiger partial charge < -0.3 is 20.1 Å². The van der Waals surface area contributed by atoms with Gasteiger partial charge >= 0.3 is 12.1 Å². The van der Waals surface area contributed by atoms with Crippen LogP contribution in [0.5, 0.6) is 0 Å². The Morgan fingerprint density at radius 3 is 2.55 bits per heavy atom. The second-order valence-electron chi connectivity index (χ2n) is 6.27. The molecular weight excluding hydrogens is 264 g/mol. The van der Waals surface area contributed by atoms with E-state index in [-0.39, 0.29) is 19.0 Å². The van der Waals surface area contributed by atoms with E-state index in [0.29, 0.717) is 12.8 Å². The van der Waals surface area contributed by atoms with Gasteiger partial charge in [-0.3, -0.25) is 9.59 Å². The van der Waals surface area contributed by atoms with Crippen LogP contribution in [-0.4, -0.2) is 52.2 Å². The van der Waals surface area contributed by atoms with Crippen molar-refractivity contribution in [1.29, 1.82) is 0 Å². The molecule has 2 unspecified atom stereocenters. The maximum Gasteiger partial charge on any atom is 0.410 e. The summed E-state index contributed by atoms with van der Waals surface area (Å²) in [7, 11) is 0. The van der Waals surface area contributed by atoms with Crippen LogP contribution in [0, 0.1) is 0 Å². The van der Waals surface area contributed by atoms with Gasteiger partial charge in [-0.05, 0) is 34.1 Å². The Balaban J connectivity index is 2.84. The molecule has 1 rings (SSSR count). The number of hydrogen-bond donors (Lipinski definition) is 2. The van der Waals surface area contributed by atoms with Crippen LogP contribution in [0.1, 0.15) is 40.5 Å². The van der Waals surface area contributed by atoms with Gasteiger partial charge in [0.05, 0.1) is 12.0 Å². The standard InChI is InChI=1S/C13H22N2O5/c1-9-5-13(14-8-16,6-10(17)18)7-15(9)11(19)20-12(2,3)4/h8-9H,5-7H2,1-4H3,(H,14,16)(H,17,18). The molecule has 1 aliphatic rings. The van der Waals surface area contributed by atoms with Gasteiger partial charge in [-0.25, -0.2) is 4.79 Å². The second-order valence-corrected chi connectivity index (χ2v) is 6.27. The summed E-state index contributed by atoms with van der Waals surface area (Å²) in [5.74, 6) is -1.02. The number of carboxylic acids is 1. The molecule has 0 saturated carbocycles. The van der Waals surface area contributed by atoms with E-state index in [1.165, 1.54) is 4.90 Å². The lowest BCUT2D eigenvalue weighted by molar-refractivity contribution is -0.138. The molecule has 1 saturated heterocycles. The number of ether oxygens (including phenoxy) is 1. The topological polar surface area (TPSA) is 95.9 Å². The summed E-state index contributed by atoms with van der Waals surface area (Å²) in [4.78, 5) is 35.2. The van der Waals surface area contributed by atoms with Crippen LogP contribution in [0.3, 0.4) is 0 Å². The van der Waals surface area contributed by atoms with Crippen LogP contribution in [-0.2, 0) is 14.3 Å². The summed E-state index contributed by atoms with van der Waals surface area (Å²) in [5.41, 5.74) is -1.54. The van der Waals surface area contributed by atoms with Gasteiger partial charge in [-0.2, -0.15) is 0 Å². The molecule has 7 heteroatoms. The zero-order valence-electron chi connectivity index (χ0n) is 12.3. The number of likely N-dealkylation sites (tertiary alicyclic amines) is 1. The van der Waals surface area contributed by atoms with E-state index in [4.69, 9.17) is 9.84 Å². The summed E-state index contributed by atoms with van der Waals surface area (Å²) >= 11 is 0. The van der Waals surface area contributed by atoms with Crippen LogP contribution in [0.2, 0.25) is 0 Å². The Labute approximate surface area is 118 Å². The summed E-state index contributed by atoms with van der Waals surface area (Å²) < 4.78 is 5.29. The van der Waals surface area contributed by atoms with Gasteiger partial charge in [-0.1, -0.05) is 0 Å². The first-order chi connectivity index (χ1) is 9.08. The summed E-state index contributed by atoms with van der Waals surface area (Å²) in [6, 6.07) is -0.198. The molecule has 0 bridgehead atoms. The predicted molar refractivity (Wildman–Crippen MR) is 71.2 cm³/mol. The SMILES string of the molecule is CC1CC(CC(=O)O)(NC=O)CN1C(=O)OC(C)(C)C. The monoisotopic (exact) mass is 286 g/mol. The Morgan fingerprint density at radius 1 is 1.50 bits per heavy atom. The minimum atomic E-state index is -1.02. The molecule has 7 nitrogen and oxygen atoms in total. The number of carbonyl (C=O) groups excluding carboxylic acids is 2. The number of hydrogen-bond acceptors (Lipinski definition) is 4. The lowest BCUT2D eigenvalue weighted by Crippen LogP contribution is -2.49. The molecule has 20 heavy (non-hydrogen) atoms.